The molecule has 0 aromatic heterocycles. The van der Waals surface area contributed by atoms with Gasteiger partial charge < -0.3 is 5.32 Å². The third kappa shape index (κ3) is 3.56. The minimum absolute atomic E-state index is 0.101. The summed E-state index contributed by atoms with van der Waals surface area (Å²) in [6, 6.07) is 8.47. The van der Waals surface area contributed by atoms with E-state index in [1.807, 2.05) is 6.07 Å². The van der Waals surface area contributed by atoms with Gasteiger partial charge in [0.05, 0.1) is 23.9 Å². The highest BCUT2D eigenvalue weighted by atomic mass is 32.2. The SMILES string of the molecule is N#Cc1cccc(NC(=O)CN2CCCCS2(=O)=O)c1. The minimum Gasteiger partial charge on any atom is -0.325 e. The summed E-state index contributed by atoms with van der Waals surface area (Å²) in [5.74, 6) is -0.296. The van der Waals surface area contributed by atoms with Gasteiger partial charge in [-0.3, -0.25) is 4.79 Å². The lowest BCUT2D eigenvalue weighted by atomic mass is 10.2. The zero-order chi connectivity index (χ0) is 14.6. The molecule has 0 aliphatic carbocycles. The number of hydrogen-bond acceptors (Lipinski definition) is 4. The lowest BCUT2D eigenvalue weighted by Gasteiger charge is -2.25. The highest BCUT2D eigenvalue weighted by Gasteiger charge is 2.27. The van der Waals surface area contributed by atoms with Crippen LogP contribution < -0.4 is 5.32 Å². The van der Waals surface area contributed by atoms with Crippen molar-refractivity contribution in [2.45, 2.75) is 12.8 Å². The molecule has 2 rings (SSSR count). The van der Waals surface area contributed by atoms with E-state index >= 15 is 0 Å². The van der Waals surface area contributed by atoms with Crippen LogP contribution in [0.5, 0.6) is 0 Å². The van der Waals surface area contributed by atoms with Crippen molar-refractivity contribution in [3.8, 4) is 6.07 Å². The topological polar surface area (TPSA) is 90.3 Å². The van der Waals surface area contributed by atoms with Crippen LogP contribution in [0.15, 0.2) is 24.3 Å². The van der Waals surface area contributed by atoms with E-state index in [-0.39, 0.29) is 12.3 Å². The predicted octanol–water partition coefficient (Wildman–Crippen LogP) is 0.922. The van der Waals surface area contributed by atoms with Gasteiger partial charge >= 0.3 is 0 Å². The number of rotatable bonds is 3. The third-order valence-corrected chi connectivity index (χ3v) is 4.95. The van der Waals surface area contributed by atoms with Crippen molar-refractivity contribution in [1.29, 1.82) is 5.26 Å². The maximum Gasteiger partial charge on any atom is 0.239 e. The molecule has 0 unspecified atom stereocenters. The molecule has 1 heterocycles. The lowest BCUT2D eigenvalue weighted by molar-refractivity contribution is -0.116. The number of hydrogen-bond donors (Lipinski definition) is 1. The fraction of sp³-hybridized carbons (Fsp3) is 0.385. The maximum atomic E-state index is 11.9. The molecular formula is C13H15N3O3S. The quantitative estimate of drug-likeness (QED) is 0.897. The van der Waals surface area contributed by atoms with Gasteiger partial charge in [-0.05, 0) is 31.0 Å². The van der Waals surface area contributed by atoms with Crippen molar-refractivity contribution >= 4 is 21.6 Å². The highest BCUT2D eigenvalue weighted by Crippen LogP contribution is 2.14. The molecule has 1 aromatic rings. The summed E-state index contributed by atoms with van der Waals surface area (Å²) in [6.07, 6.45) is 1.42. The first-order chi connectivity index (χ1) is 9.51. The molecule has 1 aliphatic heterocycles. The average molecular weight is 293 g/mol. The minimum atomic E-state index is -3.30. The summed E-state index contributed by atoms with van der Waals surface area (Å²) < 4.78 is 24.8. The molecule has 1 amide bonds. The van der Waals surface area contributed by atoms with Gasteiger partial charge in [0.2, 0.25) is 15.9 Å². The van der Waals surface area contributed by atoms with Gasteiger partial charge in [-0.15, -0.1) is 0 Å². The maximum absolute atomic E-state index is 11.9. The van der Waals surface area contributed by atoms with E-state index in [9.17, 15) is 13.2 Å². The third-order valence-electron chi connectivity index (χ3n) is 3.05. The van der Waals surface area contributed by atoms with E-state index in [0.717, 1.165) is 6.42 Å². The summed E-state index contributed by atoms with van der Waals surface area (Å²) in [7, 11) is -3.30. The molecule has 106 valence electrons. The number of carbonyl (C=O) groups excluding carboxylic acids is 1. The first kappa shape index (κ1) is 14.5. The predicted molar refractivity (Wildman–Crippen MR) is 74.4 cm³/mol. The van der Waals surface area contributed by atoms with Crippen LogP contribution in [0, 0.1) is 11.3 Å². The van der Waals surface area contributed by atoms with Gasteiger partial charge in [0.15, 0.2) is 0 Å². The van der Waals surface area contributed by atoms with Crippen molar-refractivity contribution in [2.24, 2.45) is 0 Å². The van der Waals surface area contributed by atoms with Crippen molar-refractivity contribution in [3.05, 3.63) is 29.8 Å². The number of nitrogens with zero attached hydrogens (tertiary/aromatic N) is 2. The van der Waals surface area contributed by atoms with Crippen molar-refractivity contribution in [1.82, 2.24) is 4.31 Å². The van der Waals surface area contributed by atoms with Crippen LogP contribution in [0.4, 0.5) is 5.69 Å². The van der Waals surface area contributed by atoms with E-state index in [1.54, 1.807) is 24.3 Å². The molecule has 0 saturated carbocycles. The number of benzene rings is 1. The number of anilines is 1. The Kier molecular flexibility index (Phi) is 4.37. The van der Waals surface area contributed by atoms with Gasteiger partial charge in [0, 0.05) is 12.2 Å². The zero-order valence-corrected chi connectivity index (χ0v) is 11.7. The van der Waals surface area contributed by atoms with Crippen LogP contribution in [0.2, 0.25) is 0 Å². The van der Waals surface area contributed by atoms with E-state index in [0.29, 0.717) is 24.2 Å². The number of amides is 1. The number of carbonyl (C=O) groups is 1. The summed E-state index contributed by atoms with van der Waals surface area (Å²) in [5, 5.41) is 11.4. The highest BCUT2D eigenvalue weighted by molar-refractivity contribution is 7.89. The first-order valence-electron chi connectivity index (χ1n) is 6.29. The molecule has 1 aromatic carbocycles. The number of sulfonamides is 1. The normalized spacial score (nSPS) is 18.1. The van der Waals surface area contributed by atoms with E-state index < -0.39 is 15.9 Å². The van der Waals surface area contributed by atoms with Crippen molar-refractivity contribution in [3.63, 3.8) is 0 Å². The first-order valence-corrected chi connectivity index (χ1v) is 7.90. The molecule has 1 N–H and O–H groups in total. The Labute approximate surface area is 118 Å². The Hall–Kier alpha value is -1.91. The summed E-state index contributed by atoms with van der Waals surface area (Å²) in [6.45, 7) is 0.201. The van der Waals surface area contributed by atoms with Crippen molar-refractivity contribution < 1.29 is 13.2 Å². The van der Waals surface area contributed by atoms with E-state index in [2.05, 4.69) is 5.32 Å². The molecule has 1 aliphatic rings. The van der Waals surface area contributed by atoms with Gasteiger partial charge in [-0.1, -0.05) is 6.07 Å². The summed E-state index contributed by atoms with van der Waals surface area (Å²) in [5.41, 5.74) is 0.928. The molecule has 0 radical (unpaired) electrons. The van der Waals surface area contributed by atoms with Gasteiger partial charge in [-0.25, -0.2) is 8.42 Å². The molecule has 0 bridgehead atoms. The Morgan fingerprint density at radius 3 is 2.90 bits per heavy atom. The Morgan fingerprint density at radius 1 is 1.40 bits per heavy atom. The molecule has 1 saturated heterocycles. The summed E-state index contributed by atoms with van der Waals surface area (Å²) in [4.78, 5) is 11.9. The monoisotopic (exact) mass is 293 g/mol. The fourth-order valence-corrected chi connectivity index (χ4v) is 3.59. The van der Waals surface area contributed by atoms with Gasteiger partial charge in [0.25, 0.3) is 0 Å². The number of nitriles is 1. The smallest absolute Gasteiger partial charge is 0.239 e. The van der Waals surface area contributed by atoms with E-state index in [1.165, 1.54) is 4.31 Å². The van der Waals surface area contributed by atoms with Gasteiger partial charge in [0.1, 0.15) is 0 Å². The molecule has 1 fully saturated rings. The fourth-order valence-electron chi connectivity index (χ4n) is 2.05. The van der Waals surface area contributed by atoms with Crippen LogP contribution in [0.3, 0.4) is 0 Å². The van der Waals surface area contributed by atoms with Gasteiger partial charge in [-0.2, -0.15) is 9.57 Å². The molecule has 0 atom stereocenters. The van der Waals surface area contributed by atoms with Crippen LogP contribution >= 0.6 is 0 Å². The van der Waals surface area contributed by atoms with Crippen LogP contribution in [0.1, 0.15) is 18.4 Å². The second-order valence-electron chi connectivity index (χ2n) is 4.60. The van der Waals surface area contributed by atoms with Crippen LogP contribution in [0.25, 0.3) is 0 Å². The average Bonchev–Trinajstić information content (AvgIpc) is 2.41. The summed E-state index contributed by atoms with van der Waals surface area (Å²) >= 11 is 0. The molecule has 7 heteroatoms. The zero-order valence-electron chi connectivity index (χ0n) is 10.9. The second kappa shape index (κ2) is 6.03. The second-order valence-corrected chi connectivity index (χ2v) is 6.69. The molecular weight excluding hydrogens is 278 g/mol. The molecule has 20 heavy (non-hydrogen) atoms. The molecule has 0 spiro atoms. The van der Waals surface area contributed by atoms with E-state index in [4.69, 9.17) is 5.26 Å². The largest absolute Gasteiger partial charge is 0.325 e. The Morgan fingerprint density at radius 2 is 2.20 bits per heavy atom. The lowest BCUT2D eigenvalue weighted by Crippen LogP contribution is -2.42. The Balaban J connectivity index is 2.00. The standard InChI is InChI=1S/C13H15N3O3S/c14-9-11-4-3-5-12(8-11)15-13(17)10-16-6-1-2-7-20(16,18)19/h3-5,8H,1-2,6-7,10H2,(H,15,17). The molecule has 6 nitrogen and oxygen atoms in total. The van der Waals surface area contributed by atoms with Crippen LogP contribution in [-0.2, 0) is 14.8 Å². The number of nitrogens with one attached hydrogen (secondary N) is 1. The van der Waals surface area contributed by atoms with Crippen LogP contribution in [-0.4, -0.2) is 37.5 Å². The van der Waals surface area contributed by atoms with Crippen molar-refractivity contribution in [2.75, 3.05) is 24.2 Å². The Bertz CT molecular complexity index is 649.